The van der Waals surface area contributed by atoms with Crippen LogP contribution in [0.3, 0.4) is 0 Å². The summed E-state index contributed by atoms with van der Waals surface area (Å²) in [4.78, 5) is 38.1. The fourth-order valence-corrected chi connectivity index (χ4v) is 3.99. The Kier molecular flexibility index (Phi) is 6.39. The number of rotatable bonds is 4. The van der Waals surface area contributed by atoms with Gasteiger partial charge in [0, 0.05) is 5.39 Å². The molecule has 1 aromatic heterocycles. The molecule has 0 radical (unpaired) electrons. The van der Waals surface area contributed by atoms with Crippen LogP contribution in [0, 0.1) is 5.82 Å². The van der Waals surface area contributed by atoms with Crippen molar-refractivity contribution in [2.75, 3.05) is 6.54 Å². The van der Waals surface area contributed by atoms with Crippen LogP contribution in [0.5, 0.6) is 11.5 Å². The standard InChI is InChI=1S/C25H22F4N2O6/c1-24(2,3)37-17(32)10-30-22(34)18-20(33)14-8-9-15(26)21-19(14)31(23(18)35)11-16(36-21)12-4-6-13(7-5-12)25(27,28)29/h4-9,16,33H,10-11H2,1-3H3,(H,30,34). The molecular weight excluding hydrogens is 500 g/mol. The van der Waals surface area contributed by atoms with Crippen LogP contribution in [0.2, 0.25) is 0 Å². The number of halogens is 4. The van der Waals surface area contributed by atoms with E-state index in [1.807, 2.05) is 0 Å². The van der Waals surface area contributed by atoms with Crippen LogP contribution in [0.15, 0.2) is 41.2 Å². The second-order valence-electron chi connectivity index (χ2n) is 9.41. The van der Waals surface area contributed by atoms with Gasteiger partial charge in [-0.2, -0.15) is 13.2 Å². The first-order chi connectivity index (χ1) is 17.2. The Bertz CT molecular complexity index is 1460. The number of ether oxygens (including phenoxy) is 2. The van der Waals surface area contributed by atoms with Crippen molar-refractivity contribution in [3.8, 4) is 11.5 Å². The molecular formula is C25H22F4N2O6. The topological polar surface area (TPSA) is 107 Å². The van der Waals surface area contributed by atoms with Gasteiger partial charge in [-0.25, -0.2) is 4.39 Å². The van der Waals surface area contributed by atoms with Crippen molar-refractivity contribution in [3.05, 3.63) is 69.3 Å². The quantitative estimate of drug-likeness (QED) is 0.395. The molecule has 2 heterocycles. The number of benzene rings is 2. The van der Waals surface area contributed by atoms with Gasteiger partial charge in [0.2, 0.25) is 0 Å². The van der Waals surface area contributed by atoms with Gasteiger partial charge in [-0.3, -0.25) is 19.0 Å². The van der Waals surface area contributed by atoms with Crippen LogP contribution in [0.4, 0.5) is 17.6 Å². The molecule has 0 saturated heterocycles. The lowest BCUT2D eigenvalue weighted by Gasteiger charge is -2.29. The normalized spacial score (nSPS) is 15.3. The first-order valence-corrected chi connectivity index (χ1v) is 11.1. The summed E-state index contributed by atoms with van der Waals surface area (Å²) in [5.74, 6) is -3.86. The van der Waals surface area contributed by atoms with Crippen molar-refractivity contribution in [2.24, 2.45) is 0 Å². The summed E-state index contributed by atoms with van der Waals surface area (Å²) in [5.41, 5.74) is -3.29. The minimum Gasteiger partial charge on any atom is -0.506 e. The third kappa shape index (κ3) is 5.09. The highest BCUT2D eigenvalue weighted by atomic mass is 19.4. The predicted octanol–water partition coefficient (Wildman–Crippen LogP) is 4.07. The van der Waals surface area contributed by atoms with E-state index in [1.54, 1.807) is 20.8 Å². The van der Waals surface area contributed by atoms with Gasteiger partial charge in [-0.15, -0.1) is 0 Å². The number of carbonyl (C=O) groups is 2. The maximum Gasteiger partial charge on any atom is 0.416 e. The molecule has 8 nitrogen and oxygen atoms in total. The van der Waals surface area contributed by atoms with Gasteiger partial charge in [0.05, 0.1) is 12.1 Å². The summed E-state index contributed by atoms with van der Waals surface area (Å²) in [5, 5.41) is 12.9. The molecule has 3 aromatic rings. The maximum atomic E-state index is 14.7. The number of alkyl halides is 3. The Hall–Kier alpha value is -4.09. The lowest BCUT2D eigenvalue weighted by Crippen LogP contribution is -2.39. The van der Waals surface area contributed by atoms with Gasteiger partial charge in [0.25, 0.3) is 11.5 Å². The first-order valence-electron chi connectivity index (χ1n) is 11.1. The van der Waals surface area contributed by atoms with E-state index in [4.69, 9.17) is 9.47 Å². The van der Waals surface area contributed by atoms with Gasteiger partial charge >= 0.3 is 12.1 Å². The van der Waals surface area contributed by atoms with Gasteiger partial charge in [-0.1, -0.05) is 12.1 Å². The number of aromatic hydroxyl groups is 1. The molecule has 1 unspecified atom stereocenters. The Morgan fingerprint density at radius 2 is 1.78 bits per heavy atom. The van der Waals surface area contributed by atoms with Gasteiger partial charge in [0.1, 0.15) is 35.1 Å². The van der Waals surface area contributed by atoms with Crippen LogP contribution >= 0.6 is 0 Å². The zero-order valence-corrected chi connectivity index (χ0v) is 19.9. The molecule has 0 bridgehead atoms. The fourth-order valence-electron chi connectivity index (χ4n) is 3.99. The Morgan fingerprint density at radius 3 is 2.38 bits per heavy atom. The number of aromatic nitrogens is 1. The molecule has 196 valence electrons. The molecule has 2 N–H and O–H groups in total. The molecule has 0 saturated carbocycles. The number of carbonyl (C=O) groups excluding carboxylic acids is 2. The molecule has 1 aliphatic rings. The van der Waals surface area contributed by atoms with Gasteiger partial charge in [-0.05, 0) is 50.6 Å². The SMILES string of the molecule is CC(C)(C)OC(=O)CNC(=O)c1c(O)c2ccc(F)c3c2n(c1=O)CC(c1ccc(C(F)(F)F)cc1)O3. The number of hydrogen-bond donors (Lipinski definition) is 2. The Labute approximate surface area is 207 Å². The third-order valence-electron chi connectivity index (χ3n) is 5.56. The minimum atomic E-state index is -4.56. The van der Waals surface area contributed by atoms with E-state index < -0.39 is 70.3 Å². The van der Waals surface area contributed by atoms with E-state index in [0.29, 0.717) is 0 Å². The molecule has 0 spiro atoms. The molecule has 37 heavy (non-hydrogen) atoms. The van der Waals surface area contributed by atoms with Crippen molar-refractivity contribution >= 4 is 22.8 Å². The van der Waals surface area contributed by atoms with E-state index in [2.05, 4.69) is 5.32 Å². The monoisotopic (exact) mass is 522 g/mol. The largest absolute Gasteiger partial charge is 0.506 e. The van der Waals surface area contributed by atoms with E-state index >= 15 is 0 Å². The second kappa shape index (κ2) is 9.09. The molecule has 2 aromatic carbocycles. The van der Waals surface area contributed by atoms with E-state index in [-0.39, 0.29) is 23.0 Å². The number of hydrogen-bond acceptors (Lipinski definition) is 6. The molecule has 1 amide bonds. The zero-order chi connectivity index (χ0) is 27.3. The lowest BCUT2D eigenvalue weighted by atomic mass is 10.0. The number of amides is 1. The highest BCUT2D eigenvalue weighted by Gasteiger charge is 2.34. The number of nitrogens with one attached hydrogen (secondary N) is 1. The minimum absolute atomic E-state index is 0.0655. The molecule has 12 heteroatoms. The highest BCUT2D eigenvalue weighted by molar-refractivity contribution is 6.04. The third-order valence-corrected chi connectivity index (χ3v) is 5.56. The number of nitrogens with zero attached hydrogens (tertiary/aromatic N) is 1. The van der Waals surface area contributed by atoms with E-state index in [9.17, 15) is 37.1 Å². The number of pyridine rings is 1. The summed E-state index contributed by atoms with van der Waals surface area (Å²) in [6.07, 6.45) is -5.64. The fraction of sp³-hybridized carbons (Fsp3) is 0.320. The second-order valence-corrected chi connectivity index (χ2v) is 9.41. The predicted molar refractivity (Wildman–Crippen MR) is 123 cm³/mol. The molecule has 1 atom stereocenters. The van der Waals surface area contributed by atoms with Crippen molar-refractivity contribution in [2.45, 2.75) is 45.2 Å². The number of esters is 1. The van der Waals surface area contributed by atoms with E-state index in [1.165, 1.54) is 0 Å². The van der Waals surface area contributed by atoms with Crippen molar-refractivity contribution < 1.29 is 41.7 Å². The molecule has 0 aliphatic carbocycles. The van der Waals surface area contributed by atoms with Crippen molar-refractivity contribution in [1.29, 1.82) is 0 Å². The lowest BCUT2D eigenvalue weighted by molar-refractivity contribution is -0.153. The smallest absolute Gasteiger partial charge is 0.416 e. The average Bonchev–Trinajstić information content (AvgIpc) is 2.80. The summed E-state index contributed by atoms with van der Waals surface area (Å²) in [6.45, 7) is 4.02. The summed E-state index contributed by atoms with van der Waals surface area (Å²) in [6, 6.07) is 6.09. The Balaban J connectivity index is 1.73. The Morgan fingerprint density at radius 1 is 1.14 bits per heavy atom. The molecule has 4 rings (SSSR count). The van der Waals surface area contributed by atoms with Crippen molar-refractivity contribution in [1.82, 2.24) is 9.88 Å². The van der Waals surface area contributed by atoms with E-state index in [0.717, 1.165) is 41.0 Å². The average molecular weight is 522 g/mol. The maximum absolute atomic E-state index is 14.7. The highest BCUT2D eigenvalue weighted by Crippen LogP contribution is 2.41. The van der Waals surface area contributed by atoms with Crippen LogP contribution in [-0.4, -0.2) is 33.7 Å². The summed E-state index contributed by atoms with van der Waals surface area (Å²) < 4.78 is 65.4. The summed E-state index contributed by atoms with van der Waals surface area (Å²) in [7, 11) is 0. The summed E-state index contributed by atoms with van der Waals surface area (Å²) >= 11 is 0. The van der Waals surface area contributed by atoms with Crippen LogP contribution in [0.1, 0.15) is 48.4 Å². The zero-order valence-electron chi connectivity index (χ0n) is 19.9. The van der Waals surface area contributed by atoms with Crippen molar-refractivity contribution in [3.63, 3.8) is 0 Å². The van der Waals surface area contributed by atoms with Gasteiger partial charge < -0.3 is 19.9 Å². The van der Waals surface area contributed by atoms with Gasteiger partial charge in [0.15, 0.2) is 11.6 Å². The van der Waals surface area contributed by atoms with Crippen LogP contribution in [0.25, 0.3) is 10.9 Å². The van der Waals surface area contributed by atoms with Crippen LogP contribution in [-0.2, 0) is 22.3 Å². The van der Waals surface area contributed by atoms with Crippen LogP contribution < -0.4 is 15.6 Å². The molecule has 1 aliphatic heterocycles. The molecule has 0 fully saturated rings. The first kappa shape index (κ1) is 26.0.